The summed E-state index contributed by atoms with van der Waals surface area (Å²) in [6.45, 7) is 2.35. The summed E-state index contributed by atoms with van der Waals surface area (Å²) in [6, 6.07) is 1.22. The van der Waals surface area contributed by atoms with Crippen LogP contribution in [0.25, 0.3) is 0 Å². The van der Waals surface area contributed by atoms with Crippen LogP contribution in [0.4, 0.5) is 14.5 Å². The first-order chi connectivity index (χ1) is 8.95. The first-order valence-corrected chi connectivity index (χ1v) is 6.42. The predicted octanol–water partition coefficient (Wildman–Crippen LogP) is 2.29. The number of hydrogen-bond acceptors (Lipinski definition) is 3. The molecule has 0 aliphatic carbocycles. The molecule has 0 bridgehead atoms. The van der Waals surface area contributed by atoms with Crippen LogP contribution in [0.1, 0.15) is 6.92 Å². The topological polar surface area (TPSA) is 50.4 Å². The van der Waals surface area contributed by atoms with Crippen molar-refractivity contribution in [2.24, 2.45) is 0 Å². The number of rotatable bonds is 6. The van der Waals surface area contributed by atoms with Gasteiger partial charge in [-0.05, 0) is 28.9 Å². The standard InChI is InChI=1S/C12H15BrF2N2O2/c1-7(12(18)16-3-4-19-2)17-11-9(13)5-8(14)6-10(11)15/h5-7,17H,3-4H2,1-2H3,(H,16,18). The molecule has 0 aliphatic rings. The minimum Gasteiger partial charge on any atom is -0.383 e. The van der Waals surface area contributed by atoms with Gasteiger partial charge in [-0.25, -0.2) is 8.78 Å². The molecule has 0 saturated heterocycles. The Labute approximate surface area is 118 Å². The Kier molecular flexibility index (Phi) is 6.17. The smallest absolute Gasteiger partial charge is 0.242 e. The Morgan fingerprint density at radius 2 is 2.16 bits per heavy atom. The quantitative estimate of drug-likeness (QED) is 0.783. The maximum absolute atomic E-state index is 13.6. The zero-order chi connectivity index (χ0) is 14.4. The van der Waals surface area contributed by atoms with Crippen molar-refractivity contribution in [3.63, 3.8) is 0 Å². The molecule has 1 rings (SSSR count). The summed E-state index contributed by atoms with van der Waals surface area (Å²) < 4.78 is 31.5. The van der Waals surface area contributed by atoms with Gasteiger partial charge in [0, 0.05) is 24.2 Å². The Hall–Kier alpha value is -1.21. The van der Waals surface area contributed by atoms with Crippen LogP contribution in [-0.4, -0.2) is 32.2 Å². The van der Waals surface area contributed by atoms with Crippen molar-refractivity contribution in [2.75, 3.05) is 25.6 Å². The van der Waals surface area contributed by atoms with Gasteiger partial charge >= 0.3 is 0 Å². The Bertz CT molecular complexity index is 434. The minimum absolute atomic E-state index is 0.0517. The molecule has 1 aromatic rings. The van der Waals surface area contributed by atoms with Crippen molar-refractivity contribution < 1.29 is 18.3 Å². The summed E-state index contributed by atoms with van der Waals surface area (Å²) in [5.41, 5.74) is 0.0517. The van der Waals surface area contributed by atoms with Gasteiger partial charge in [0.05, 0.1) is 12.3 Å². The van der Waals surface area contributed by atoms with E-state index in [-0.39, 0.29) is 16.1 Å². The van der Waals surface area contributed by atoms with Gasteiger partial charge < -0.3 is 15.4 Å². The van der Waals surface area contributed by atoms with Gasteiger partial charge in [0.2, 0.25) is 5.91 Å². The molecule has 0 radical (unpaired) electrons. The maximum Gasteiger partial charge on any atom is 0.242 e. The van der Waals surface area contributed by atoms with Crippen LogP contribution in [0.5, 0.6) is 0 Å². The first-order valence-electron chi connectivity index (χ1n) is 5.63. The number of methoxy groups -OCH3 is 1. The van der Waals surface area contributed by atoms with Crippen LogP contribution in [0.3, 0.4) is 0 Å². The van der Waals surface area contributed by atoms with Crippen molar-refractivity contribution in [3.8, 4) is 0 Å². The van der Waals surface area contributed by atoms with Crippen LogP contribution >= 0.6 is 15.9 Å². The molecule has 1 amide bonds. The highest BCUT2D eigenvalue weighted by atomic mass is 79.9. The van der Waals surface area contributed by atoms with Crippen molar-refractivity contribution in [1.29, 1.82) is 0 Å². The number of amides is 1. The summed E-state index contributed by atoms with van der Waals surface area (Å²) >= 11 is 3.05. The lowest BCUT2D eigenvalue weighted by Crippen LogP contribution is -2.39. The third-order valence-corrected chi connectivity index (χ3v) is 2.99. The van der Waals surface area contributed by atoms with E-state index in [4.69, 9.17) is 4.74 Å². The lowest BCUT2D eigenvalue weighted by Gasteiger charge is -2.16. The minimum atomic E-state index is -0.761. The number of nitrogens with one attached hydrogen (secondary N) is 2. The molecule has 0 aromatic heterocycles. The van der Waals surface area contributed by atoms with E-state index < -0.39 is 17.7 Å². The van der Waals surface area contributed by atoms with E-state index >= 15 is 0 Å². The second-order valence-electron chi connectivity index (χ2n) is 3.89. The van der Waals surface area contributed by atoms with E-state index in [1.807, 2.05) is 0 Å². The van der Waals surface area contributed by atoms with E-state index in [0.717, 1.165) is 12.1 Å². The summed E-state index contributed by atoms with van der Waals surface area (Å²) in [5.74, 6) is -1.75. The second kappa shape index (κ2) is 7.40. The van der Waals surface area contributed by atoms with Crippen LogP contribution in [0.15, 0.2) is 16.6 Å². The number of carbonyl (C=O) groups excluding carboxylic acids is 1. The fourth-order valence-electron chi connectivity index (χ4n) is 1.39. The number of hydrogen-bond donors (Lipinski definition) is 2. The average molecular weight is 337 g/mol. The highest BCUT2D eigenvalue weighted by Gasteiger charge is 2.16. The van der Waals surface area contributed by atoms with Crippen molar-refractivity contribution >= 4 is 27.5 Å². The SMILES string of the molecule is COCCNC(=O)C(C)Nc1c(F)cc(F)cc1Br. The van der Waals surface area contributed by atoms with Crippen molar-refractivity contribution in [3.05, 3.63) is 28.2 Å². The molecule has 19 heavy (non-hydrogen) atoms. The van der Waals surface area contributed by atoms with Gasteiger partial charge in [-0.2, -0.15) is 0 Å². The Morgan fingerprint density at radius 3 is 2.74 bits per heavy atom. The van der Waals surface area contributed by atoms with Gasteiger partial charge in [0.15, 0.2) is 0 Å². The number of anilines is 1. The molecule has 1 unspecified atom stereocenters. The highest BCUT2D eigenvalue weighted by Crippen LogP contribution is 2.27. The molecule has 0 spiro atoms. The molecule has 4 nitrogen and oxygen atoms in total. The molecule has 0 aliphatic heterocycles. The van der Waals surface area contributed by atoms with Gasteiger partial charge in [-0.15, -0.1) is 0 Å². The number of benzene rings is 1. The van der Waals surface area contributed by atoms with Crippen molar-refractivity contribution in [2.45, 2.75) is 13.0 Å². The lowest BCUT2D eigenvalue weighted by atomic mass is 10.2. The zero-order valence-corrected chi connectivity index (χ0v) is 12.2. The first kappa shape index (κ1) is 15.8. The number of ether oxygens (including phenoxy) is 1. The molecule has 106 valence electrons. The summed E-state index contributed by atoms with van der Waals surface area (Å²) in [6.07, 6.45) is 0. The van der Waals surface area contributed by atoms with E-state index in [1.54, 1.807) is 6.92 Å². The predicted molar refractivity (Wildman–Crippen MR) is 72.0 cm³/mol. The summed E-state index contributed by atoms with van der Waals surface area (Å²) in [5, 5.41) is 5.31. The molecular weight excluding hydrogens is 322 g/mol. The van der Waals surface area contributed by atoms with E-state index in [1.165, 1.54) is 7.11 Å². The van der Waals surface area contributed by atoms with Gasteiger partial charge in [0.25, 0.3) is 0 Å². The van der Waals surface area contributed by atoms with Crippen LogP contribution in [0, 0.1) is 11.6 Å². The number of carbonyl (C=O) groups is 1. The van der Waals surface area contributed by atoms with E-state index in [2.05, 4.69) is 26.6 Å². The molecule has 1 atom stereocenters. The fourth-order valence-corrected chi connectivity index (χ4v) is 1.91. The second-order valence-corrected chi connectivity index (χ2v) is 4.75. The van der Waals surface area contributed by atoms with Crippen LogP contribution < -0.4 is 10.6 Å². The summed E-state index contributed by atoms with van der Waals surface area (Å²) in [7, 11) is 1.53. The molecule has 1 aromatic carbocycles. The average Bonchev–Trinajstić information content (AvgIpc) is 2.33. The van der Waals surface area contributed by atoms with E-state index in [0.29, 0.717) is 13.2 Å². The monoisotopic (exact) mass is 336 g/mol. The van der Waals surface area contributed by atoms with Gasteiger partial charge in [-0.3, -0.25) is 4.79 Å². The normalized spacial score (nSPS) is 12.1. The molecule has 7 heteroatoms. The van der Waals surface area contributed by atoms with Gasteiger partial charge in [0.1, 0.15) is 17.7 Å². The van der Waals surface area contributed by atoms with E-state index in [9.17, 15) is 13.6 Å². The fraction of sp³-hybridized carbons (Fsp3) is 0.417. The third kappa shape index (κ3) is 4.76. The lowest BCUT2D eigenvalue weighted by molar-refractivity contribution is -0.121. The van der Waals surface area contributed by atoms with Crippen molar-refractivity contribution in [1.82, 2.24) is 5.32 Å². The Morgan fingerprint density at radius 1 is 1.47 bits per heavy atom. The Balaban J connectivity index is 2.66. The number of halogens is 3. The largest absolute Gasteiger partial charge is 0.383 e. The highest BCUT2D eigenvalue weighted by molar-refractivity contribution is 9.10. The third-order valence-electron chi connectivity index (χ3n) is 2.37. The molecule has 0 saturated carbocycles. The zero-order valence-electron chi connectivity index (χ0n) is 10.6. The van der Waals surface area contributed by atoms with Crippen LogP contribution in [-0.2, 0) is 9.53 Å². The summed E-state index contributed by atoms with van der Waals surface area (Å²) in [4.78, 5) is 11.7. The van der Waals surface area contributed by atoms with Gasteiger partial charge in [-0.1, -0.05) is 0 Å². The molecule has 2 N–H and O–H groups in total. The molecule has 0 fully saturated rings. The van der Waals surface area contributed by atoms with Crippen LogP contribution in [0.2, 0.25) is 0 Å². The molecular formula is C12H15BrF2N2O2. The molecule has 0 heterocycles. The maximum atomic E-state index is 13.6.